The Balaban J connectivity index is 2.42. The number of anilines is 1. The fraction of sp³-hybridized carbons (Fsp3) is 0.571. The molecule has 1 rings (SSSR count). The van der Waals surface area contributed by atoms with Crippen molar-refractivity contribution in [3.05, 3.63) is 24.3 Å². The maximum Gasteiger partial charge on any atom is 0.119 e. The molecule has 0 radical (unpaired) electrons. The zero-order valence-corrected chi connectivity index (χ0v) is 11.5. The Kier molecular flexibility index (Phi) is 5.44. The SMILES string of the molecule is COc1ccc(N(C)CCCC(C)(N)CO)cc1. The van der Waals surface area contributed by atoms with Gasteiger partial charge >= 0.3 is 0 Å². The molecule has 0 bridgehead atoms. The van der Waals surface area contributed by atoms with Crippen LogP contribution in [0.4, 0.5) is 5.69 Å². The highest BCUT2D eigenvalue weighted by molar-refractivity contribution is 5.48. The molecule has 0 spiro atoms. The summed E-state index contributed by atoms with van der Waals surface area (Å²) >= 11 is 0. The van der Waals surface area contributed by atoms with E-state index < -0.39 is 5.54 Å². The van der Waals surface area contributed by atoms with E-state index in [4.69, 9.17) is 15.6 Å². The molecule has 0 saturated carbocycles. The second kappa shape index (κ2) is 6.61. The van der Waals surface area contributed by atoms with Gasteiger partial charge in [-0.3, -0.25) is 0 Å². The zero-order chi connectivity index (χ0) is 13.6. The number of aliphatic hydroxyl groups excluding tert-OH is 1. The number of rotatable bonds is 7. The van der Waals surface area contributed by atoms with Gasteiger partial charge in [-0.05, 0) is 44.0 Å². The van der Waals surface area contributed by atoms with Crippen molar-refractivity contribution in [1.29, 1.82) is 0 Å². The van der Waals surface area contributed by atoms with Crippen LogP contribution in [0.5, 0.6) is 5.75 Å². The standard InChI is InChI=1S/C14H24N2O2/c1-14(15,11-17)9-4-10-16(2)12-5-7-13(18-3)8-6-12/h5-8,17H,4,9-11,15H2,1-3H3. The van der Waals surface area contributed by atoms with Crippen LogP contribution in [0.25, 0.3) is 0 Å². The maximum atomic E-state index is 9.08. The van der Waals surface area contributed by atoms with E-state index in [2.05, 4.69) is 11.9 Å². The van der Waals surface area contributed by atoms with Gasteiger partial charge in [0.05, 0.1) is 13.7 Å². The molecule has 1 unspecified atom stereocenters. The Hall–Kier alpha value is -1.26. The van der Waals surface area contributed by atoms with Gasteiger partial charge in [0, 0.05) is 24.8 Å². The van der Waals surface area contributed by atoms with Crippen molar-refractivity contribution < 1.29 is 9.84 Å². The topological polar surface area (TPSA) is 58.7 Å². The quantitative estimate of drug-likeness (QED) is 0.774. The van der Waals surface area contributed by atoms with E-state index in [1.54, 1.807) is 7.11 Å². The van der Waals surface area contributed by atoms with E-state index in [0.29, 0.717) is 0 Å². The van der Waals surface area contributed by atoms with Gasteiger partial charge < -0.3 is 20.5 Å². The van der Waals surface area contributed by atoms with Gasteiger partial charge in [0.1, 0.15) is 5.75 Å². The highest BCUT2D eigenvalue weighted by Gasteiger charge is 2.16. The molecule has 0 aliphatic rings. The van der Waals surface area contributed by atoms with E-state index in [1.165, 1.54) is 0 Å². The van der Waals surface area contributed by atoms with E-state index in [0.717, 1.165) is 30.8 Å². The van der Waals surface area contributed by atoms with Crippen molar-refractivity contribution in [2.75, 3.05) is 32.2 Å². The predicted octanol–water partition coefficient (Wildman–Crippen LogP) is 1.62. The van der Waals surface area contributed by atoms with E-state index in [1.807, 2.05) is 31.2 Å². The summed E-state index contributed by atoms with van der Waals surface area (Å²) in [5, 5.41) is 9.08. The molecule has 0 amide bonds. The van der Waals surface area contributed by atoms with Crippen molar-refractivity contribution in [2.45, 2.75) is 25.3 Å². The molecule has 0 fully saturated rings. The second-order valence-corrected chi connectivity index (χ2v) is 5.04. The van der Waals surface area contributed by atoms with E-state index in [9.17, 15) is 0 Å². The summed E-state index contributed by atoms with van der Waals surface area (Å²) in [7, 11) is 3.71. The zero-order valence-electron chi connectivity index (χ0n) is 11.5. The molecule has 1 atom stereocenters. The summed E-state index contributed by atoms with van der Waals surface area (Å²) in [5.41, 5.74) is 6.57. The van der Waals surface area contributed by atoms with Crippen LogP contribution >= 0.6 is 0 Å². The Bertz CT molecular complexity index is 349. The first-order valence-corrected chi connectivity index (χ1v) is 6.23. The van der Waals surface area contributed by atoms with Crippen LogP contribution in [0.1, 0.15) is 19.8 Å². The molecular weight excluding hydrogens is 228 g/mol. The molecule has 4 nitrogen and oxygen atoms in total. The van der Waals surface area contributed by atoms with Gasteiger partial charge in [0.2, 0.25) is 0 Å². The number of hydrogen-bond donors (Lipinski definition) is 2. The van der Waals surface area contributed by atoms with Gasteiger partial charge in [0.25, 0.3) is 0 Å². The molecule has 0 aliphatic heterocycles. The normalized spacial score (nSPS) is 14.1. The van der Waals surface area contributed by atoms with Crippen LogP contribution in [0.2, 0.25) is 0 Å². The summed E-state index contributed by atoms with van der Waals surface area (Å²) in [5.74, 6) is 0.863. The average Bonchev–Trinajstić information content (AvgIpc) is 2.38. The lowest BCUT2D eigenvalue weighted by atomic mass is 9.98. The highest BCUT2D eigenvalue weighted by Crippen LogP contribution is 2.19. The van der Waals surface area contributed by atoms with Crippen LogP contribution in [0, 0.1) is 0 Å². The second-order valence-electron chi connectivity index (χ2n) is 5.04. The third-order valence-electron chi connectivity index (χ3n) is 3.12. The van der Waals surface area contributed by atoms with Crippen molar-refractivity contribution in [3.63, 3.8) is 0 Å². The Labute approximate surface area is 109 Å². The lowest BCUT2D eigenvalue weighted by Crippen LogP contribution is -2.40. The summed E-state index contributed by atoms with van der Waals surface area (Å²) in [6.07, 6.45) is 1.76. The number of aliphatic hydroxyl groups is 1. The van der Waals surface area contributed by atoms with Gasteiger partial charge in [0.15, 0.2) is 0 Å². The van der Waals surface area contributed by atoms with Crippen molar-refractivity contribution in [2.24, 2.45) is 5.73 Å². The number of nitrogens with two attached hydrogens (primary N) is 1. The molecule has 4 heteroatoms. The van der Waals surface area contributed by atoms with Crippen LogP contribution < -0.4 is 15.4 Å². The molecule has 0 saturated heterocycles. The van der Waals surface area contributed by atoms with Crippen molar-refractivity contribution >= 4 is 5.69 Å². The smallest absolute Gasteiger partial charge is 0.119 e. The molecule has 0 heterocycles. The lowest BCUT2D eigenvalue weighted by Gasteiger charge is -2.24. The molecule has 1 aromatic carbocycles. The van der Waals surface area contributed by atoms with E-state index >= 15 is 0 Å². The third-order valence-corrected chi connectivity index (χ3v) is 3.12. The monoisotopic (exact) mass is 252 g/mol. The number of ether oxygens (including phenoxy) is 1. The molecule has 3 N–H and O–H groups in total. The lowest BCUT2D eigenvalue weighted by molar-refractivity contribution is 0.199. The first-order valence-electron chi connectivity index (χ1n) is 6.23. The number of methoxy groups -OCH3 is 1. The van der Waals surface area contributed by atoms with Gasteiger partial charge in [-0.2, -0.15) is 0 Å². The maximum absolute atomic E-state index is 9.08. The molecule has 18 heavy (non-hydrogen) atoms. The highest BCUT2D eigenvalue weighted by atomic mass is 16.5. The van der Waals surface area contributed by atoms with Crippen molar-refractivity contribution in [1.82, 2.24) is 0 Å². The van der Waals surface area contributed by atoms with Gasteiger partial charge in [-0.1, -0.05) is 0 Å². The number of nitrogens with zero attached hydrogens (tertiary/aromatic N) is 1. The minimum Gasteiger partial charge on any atom is -0.497 e. The summed E-state index contributed by atoms with van der Waals surface area (Å²) in [6.45, 7) is 2.82. The van der Waals surface area contributed by atoms with E-state index in [-0.39, 0.29) is 6.61 Å². The fourth-order valence-corrected chi connectivity index (χ4v) is 1.76. The first-order chi connectivity index (χ1) is 8.48. The first kappa shape index (κ1) is 14.8. The largest absolute Gasteiger partial charge is 0.497 e. The Morgan fingerprint density at radius 1 is 1.33 bits per heavy atom. The predicted molar refractivity (Wildman–Crippen MR) is 75.2 cm³/mol. The van der Waals surface area contributed by atoms with Crippen molar-refractivity contribution in [3.8, 4) is 5.75 Å². The Morgan fingerprint density at radius 2 is 1.94 bits per heavy atom. The molecule has 0 aromatic heterocycles. The van der Waals surface area contributed by atoms with Crippen LogP contribution in [0.15, 0.2) is 24.3 Å². The van der Waals surface area contributed by atoms with Gasteiger partial charge in [-0.25, -0.2) is 0 Å². The third kappa shape index (κ3) is 4.55. The molecule has 0 aliphatic carbocycles. The Morgan fingerprint density at radius 3 is 2.44 bits per heavy atom. The number of hydrogen-bond acceptors (Lipinski definition) is 4. The van der Waals surface area contributed by atoms with Crippen LogP contribution in [-0.4, -0.2) is 38.0 Å². The van der Waals surface area contributed by atoms with Crippen LogP contribution in [0.3, 0.4) is 0 Å². The minimum absolute atomic E-state index is 0.0270. The average molecular weight is 252 g/mol. The fourth-order valence-electron chi connectivity index (χ4n) is 1.76. The van der Waals surface area contributed by atoms with Gasteiger partial charge in [-0.15, -0.1) is 0 Å². The van der Waals surface area contributed by atoms with Crippen LogP contribution in [-0.2, 0) is 0 Å². The summed E-state index contributed by atoms with van der Waals surface area (Å²) in [6, 6.07) is 7.97. The molecule has 102 valence electrons. The summed E-state index contributed by atoms with van der Waals surface area (Å²) < 4.78 is 5.13. The molecule has 1 aromatic rings. The number of benzene rings is 1. The molecular formula is C14H24N2O2. The minimum atomic E-state index is -0.471. The summed E-state index contributed by atoms with van der Waals surface area (Å²) in [4.78, 5) is 2.17.